The first-order chi connectivity index (χ1) is 10.8. The van der Waals surface area contributed by atoms with Crippen molar-refractivity contribution >= 4 is 21.9 Å². The van der Waals surface area contributed by atoms with E-state index in [1.165, 1.54) is 10.9 Å². The molecule has 0 amide bonds. The summed E-state index contributed by atoms with van der Waals surface area (Å²) in [5.41, 5.74) is 6.26. The lowest BCUT2D eigenvalue weighted by atomic mass is 10.1. The molecule has 0 aliphatic rings. The highest BCUT2D eigenvalue weighted by atomic mass is 16.3. The molecule has 2 aromatic carbocycles. The van der Waals surface area contributed by atoms with E-state index < -0.39 is 0 Å². The lowest BCUT2D eigenvalue weighted by Gasteiger charge is -2.04. The first-order valence-electron chi connectivity index (χ1n) is 7.64. The number of hydrogen-bond acceptors (Lipinski definition) is 2. The Balaban J connectivity index is 2.09. The molecule has 0 aliphatic carbocycles. The smallest absolute Gasteiger partial charge is 0.156 e. The van der Waals surface area contributed by atoms with Crippen LogP contribution in [0.15, 0.2) is 59.0 Å². The molecule has 0 saturated carbocycles. The van der Waals surface area contributed by atoms with E-state index in [4.69, 9.17) is 9.40 Å². The quantitative estimate of drug-likeness (QED) is 0.485. The molecule has 2 heterocycles. The summed E-state index contributed by atoms with van der Waals surface area (Å²) < 4.78 is 6.06. The third-order valence-corrected chi connectivity index (χ3v) is 4.08. The van der Waals surface area contributed by atoms with Crippen molar-refractivity contribution in [2.45, 2.75) is 20.3 Å². The zero-order chi connectivity index (χ0) is 15.1. The maximum Gasteiger partial charge on any atom is 0.156 e. The Kier molecular flexibility index (Phi) is 2.97. The van der Waals surface area contributed by atoms with Gasteiger partial charge in [-0.2, -0.15) is 0 Å². The summed E-state index contributed by atoms with van der Waals surface area (Å²) in [4.78, 5) is 4.81. The average molecular weight is 287 g/mol. The topological polar surface area (TPSA) is 26.0 Å². The number of fused-ring (bicyclic) bond motifs is 3. The minimum atomic E-state index is 0.857. The van der Waals surface area contributed by atoms with Crippen molar-refractivity contribution in [3.63, 3.8) is 0 Å². The van der Waals surface area contributed by atoms with Crippen LogP contribution in [-0.4, -0.2) is 4.98 Å². The number of benzene rings is 2. The summed E-state index contributed by atoms with van der Waals surface area (Å²) in [6, 6.07) is 18.8. The van der Waals surface area contributed by atoms with Gasteiger partial charge in [0.2, 0.25) is 0 Å². The lowest BCUT2D eigenvalue weighted by molar-refractivity contribution is 0.659. The van der Waals surface area contributed by atoms with Crippen LogP contribution >= 0.6 is 0 Å². The Hall–Kier alpha value is -2.61. The number of furan rings is 1. The summed E-state index contributed by atoms with van der Waals surface area (Å²) in [6.07, 6.45) is 0.857. The van der Waals surface area contributed by atoms with Crippen LogP contribution in [0.25, 0.3) is 33.2 Å². The van der Waals surface area contributed by atoms with Crippen LogP contribution in [0.1, 0.15) is 18.2 Å². The van der Waals surface area contributed by atoms with Crippen molar-refractivity contribution in [2.75, 3.05) is 0 Å². The predicted molar refractivity (Wildman–Crippen MR) is 91.1 cm³/mol. The van der Waals surface area contributed by atoms with Crippen LogP contribution in [0.4, 0.5) is 0 Å². The number of hydrogen-bond donors (Lipinski definition) is 0. The maximum absolute atomic E-state index is 6.06. The third-order valence-electron chi connectivity index (χ3n) is 4.08. The molecule has 108 valence electrons. The molecular formula is C20H17NO. The van der Waals surface area contributed by atoms with Gasteiger partial charge in [0.05, 0.1) is 11.4 Å². The highest BCUT2D eigenvalue weighted by molar-refractivity contribution is 6.06. The van der Waals surface area contributed by atoms with E-state index in [0.717, 1.165) is 39.9 Å². The first-order valence-corrected chi connectivity index (χ1v) is 7.64. The van der Waals surface area contributed by atoms with Crippen LogP contribution in [0.3, 0.4) is 0 Å². The van der Waals surface area contributed by atoms with Gasteiger partial charge in [0.15, 0.2) is 5.58 Å². The van der Waals surface area contributed by atoms with Crippen molar-refractivity contribution in [2.24, 2.45) is 0 Å². The highest BCUT2D eigenvalue weighted by Gasteiger charge is 2.14. The number of nitrogens with zero attached hydrogens (tertiary/aromatic N) is 1. The summed E-state index contributed by atoms with van der Waals surface area (Å²) in [5.74, 6) is 0. The average Bonchev–Trinajstić information content (AvgIpc) is 2.93. The molecule has 0 radical (unpaired) electrons. The second-order valence-corrected chi connectivity index (χ2v) is 5.65. The molecule has 2 nitrogen and oxygen atoms in total. The van der Waals surface area contributed by atoms with Crippen molar-refractivity contribution < 1.29 is 4.42 Å². The molecule has 0 bridgehead atoms. The minimum Gasteiger partial charge on any atom is -0.454 e. The van der Waals surface area contributed by atoms with Gasteiger partial charge in [-0.05, 0) is 31.5 Å². The second-order valence-electron chi connectivity index (χ2n) is 5.65. The van der Waals surface area contributed by atoms with Gasteiger partial charge in [-0.25, -0.2) is 4.98 Å². The van der Waals surface area contributed by atoms with Gasteiger partial charge in [0, 0.05) is 16.3 Å². The van der Waals surface area contributed by atoms with E-state index in [1.807, 2.05) is 24.3 Å². The molecule has 2 aromatic heterocycles. The molecule has 0 unspecified atom stereocenters. The molecule has 22 heavy (non-hydrogen) atoms. The molecule has 4 rings (SSSR count). The van der Waals surface area contributed by atoms with Gasteiger partial charge in [0.1, 0.15) is 5.58 Å². The number of rotatable bonds is 2. The third kappa shape index (κ3) is 2.00. The summed E-state index contributed by atoms with van der Waals surface area (Å²) >= 11 is 0. The van der Waals surface area contributed by atoms with Gasteiger partial charge >= 0.3 is 0 Å². The van der Waals surface area contributed by atoms with Crippen LogP contribution < -0.4 is 0 Å². The van der Waals surface area contributed by atoms with Crippen LogP contribution in [0.2, 0.25) is 0 Å². The molecular weight excluding hydrogens is 270 g/mol. The van der Waals surface area contributed by atoms with Gasteiger partial charge < -0.3 is 4.42 Å². The lowest BCUT2D eigenvalue weighted by Crippen LogP contribution is -1.91. The van der Waals surface area contributed by atoms with Crippen LogP contribution in [0, 0.1) is 6.92 Å². The minimum absolute atomic E-state index is 0.857. The van der Waals surface area contributed by atoms with E-state index >= 15 is 0 Å². The fraction of sp³-hybridized carbons (Fsp3) is 0.150. The Morgan fingerprint density at radius 1 is 0.955 bits per heavy atom. The van der Waals surface area contributed by atoms with Gasteiger partial charge in [-0.3, -0.25) is 0 Å². The maximum atomic E-state index is 6.06. The zero-order valence-corrected chi connectivity index (χ0v) is 12.8. The normalized spacial score (nSPS) is 11.4. The molecule has 0 fully saturated rings. The Morgan fingerprint density at radius 3 is 2.55 bits per heavy atom. The SMILES string of the molecule is CCc1nc(-c2ccccc2)cc2c1oc1ccc(C)cc12. The van der Waals surface area contributed by atoms with E-state index in [-0.39, 0.29) is 0 Å². The standard InChI is InChI=1S/C20H17NO/c1-3-17-20-16(15-11-13(2)9-10-19(15)22-20)12-18(21-17)14-7-5-4-6-8-14/h4-12H,3H2,1-2H3. The first kappa shape index (κ1) is 13.1. The molecule has 0 N–H and O–H groups in total. The van der Waals surface area contributed by atoms with Gasteiger partial charge in [-0.15, -0.1) is 0 Å². The fourth-order valence-corrected chi connectivity index (χ4v) is 2.95. The Labute approximate surface area is 129 Å². The Bertz CT molecular complexity index is 967. The van der Waals surface area contributed by atoms with Crippen molar-refractivity contribution in [1.82, 2.24) is 4.98 Å². The number of aromatic nitrogens is 1. The van der Waals surface area contributed by atoms with Crippen molar-refractivity contribution in [1.29, 1.82) is 0 Å². The van der Waals surface area contributed by atoms with E-state index in [0.29, 0.717) is 0 Å². The zero-order valence-electron chi connectivity index (χ0n) is 12.8. The monoisotopic (exact) mass is 287 g/mol. The largest absolute Gasteiger partial charge is 0.454 e. The Morgan fingerprint density at radius 2 is 1.77 bits per heavy atom. The molecule has 0 atom stereocenters. The van der Waals surface area contributed by atoms with Crippen molar-refractivity contribution in [3.8, 4) is 11.3 Å². The van der Waals surface area contributed by atoms with Crippen LogP contribution in [0.5, 0.6) is 0 Å². The van der Waals surface area contributed by atoms with E-state index in [1.54, 1.807) is 0 Å². The molecule has 0 spiro atoms. The number of aryl methyl sites for hydroxylation is 2. The highest BCUT2D eigenvalue weighted by Crippen LogP contribution is 2.33. The molecule has 0 saturated heterocycles. The number of pyridine rings is 1. The molecule has 4 aromatic rings. The summed E-state index contributed by atoms with van der Waals surface area (Å²) in [5, 5.41) is 2.33. The second kappa shape index (κ2) is 4.99. The summed E-state index contributed by atoms with van der Waals surface area (Å²) in [6.45, 7) is 4.23. The van der Waals surface area contributed by atoms with Gasteiger partial charge in [0.25, 0.3) is 0 Å². The summed E-state index contributed by atoms with van der Waals surface area (Å²) in [7, 11) is 0. The molecule has 0 aliphatic heterocycles. The van der Waals surface area contributed by atoms with Gasteiger partial charge in [-0.1, -0.05) is 48.9 Å². The van der Waals surface area contributed by atoms with Crippen LogP contribution in [-0.2, 0) is 6.42 Å². The molecule has 2 heteroatoms. The predicted octanol–water partition coefficient (Wildman–Crippen LogP) is 5.52. The van der Waals surface area contributed by atoms with E-state index in [2.05, 4.69) is 44.2 Å². The van der Waals surface area contributed by atoms with Crippen molar-refractivity contribution in [3.05, 3.63) is 65.9 Å². The fourth-order valence-electron chi connectivity index (χ4n) is 2.95. The van der Waals surface area contributed by atoms with E-state index in [9.17, 15) is 0 Å².